The van der Waals surface area contributed by atoms with Gasteiger partial charge < -0.3 is 61.1 Å². The van der Waals surface area contributed by atoms with E-state index in [0.29, 0.717) is 13.0 Å². The molecule has 1 aliphatic heterocycles. The zero-order valence-electron chi connectivity index (χ0n) is 24.9. The Labute approximate surface area is 235 Å². The normalized spacial score (nSPS) is 28.8. The Hall–Kier alpha value is -0.480. The second-order valence-electron chi connectivity index (χ2n) is 11.4. The highest BCUT2D eigenvalue weighted by Gasteiger charge is 2.52. The largest absolute Gasteiger partial charge is 0.393 e. The fourth-order valence-electron chi connectivity index (χ4n) is 4.51. The standard InChI is InChI=1S/C27H58N4O8/c1-6-25(2,18-32)39-26(3,17-31-16-10-15-30-13-8-7-12-29-14-9-11-28)19-37-24-22(34)21(33)23(35)27(4,38-24)20-36-5/h21-24,29-35H,6-20,28H2,1-5H3/t21-,22?,23-,24-,25?,26?,27?/m1/s1. The van der Waals surface area contributed by atoms with Gasteiger partial charge in [-0.1, -0.05) is 6.92 Å². The van der Waals surface area contributed by atoms with Crippen molar-refractivity contribution in [2.75, 3.05) is 72.7 Å². The van der Waals surface area contributed by atoms with Crippen LogP contribution in [-0.4, -0.2) is 135 Å². The van der Waals surface area contributed by atoms with Crippen molar-refractivity contribution in [1.29, 1.82) is 0 Å². The summed E-state index contributed by atoms with van der Waals surface area (Å²) < 4.78 is 23.3. The molecule has 0 aromatic heterocycles. The molecule has 1 saturated heterocycles. The number of nitrogens with one attached hydrogen (secondary N) is 3. The van der Waals surface area contributed by atoms with E-state index in [4.69, 9.17) is 24.7 Å². The van der Waals surface area contributed by atoms with Crippen molar-refractivity contribution in [3.05, 3.63) is 0 Å². The van der Waals surface area contributed by atoms with Gasteiger partial charge in [0.25, 0.3) is 0 Å². The second-order valence-corrected chi connectivity index (χ2v) is 11.4. The number of ether oxygens (including phenoxy) is 4. The van der Waals surface area contributed by atoms with Crippen LogP contribution >= 0.6 is 0 Å². The third-order valence-corrected chi connectivity index (χ3v) is 7.24. The molecule has 4 unspecified atom stereocenters. The van der Waals surface area contributed by atoms with Gasteiger partial charge in [0.15, 0.2) is 6.29 Å². The van der Waals surface area contributed by atoms with Crippen molar-refractivity contribution >= 4 is 0 Å². The molecule has 0 aliphatic carbocycles. The number of rotatable bonds is 23. The van der Waals surface area contributed by atoms with Crippen LogP contribution in [0.5, 0.6) is 0 Å². The van der Waals surface area contributed by atoms with Crippen LogP contribution in [0.3, 0.4) is 0 Å². The molecule has 7 atom stereocenters. The highest BCUT2D eigenvalue weighted by molar-refractivity contribution is 4.98. The molecule has 0 saturated carbocycles. The third kappa shape index (κ3) is 12.9. The Kier molecular flexibility index (Phi) is 17.7. The van der Waals surface area contributed by atoms with Crippen molar-refractivity contribution in [1.82, 2.24) is 16.0 Å². The second kappa shape index (κ2) is 18.9. The molecule has 0 amide bonds. The lowest BCUT2D eigenvalue weighted by Gasteiger charge is -2.47. The van der Waals surface area contributed by atoms with Gasteiger partial charge in [-0.3, -0.25) is 0 Å². The van der Waals surface area contributed by atoms with Crippen molar-refractivity contribution in [2.24, 2.45) is 5.73 Å². The number of methoxy groups -OCH3 is 1. The minimum atomic E-state index is -1.47. The topological polar surface area (TPSA) is 180 Å². The average Bonchev–Trinajstić information content (AvgIpc) is 2.91. The lowest BCUT2D eigenvalue weighted by atomic mass is 9.89. The van der Waals surface area contributed by atoms with Gasteiger partial charge in [-0.15, -0.1) is 0 Å². The van der Waals surface area contributed by atoms with Crippen LogP contribution < -0.4 is 21.7 Å². The number of hydrogen-bond donors (Lipinski definition) is 8. The molecule has 0 spiro atoms. The number of nitrogens with two attached hydrogens (primary N) is 1. The number of hydrogen-bond acceptors (Lipinski definition) is 12. The molecule has 0 aromatic rings. The highest BCUT2D eigenvalue weighted by Crippen LogP contribution is 2.32. The summed E-state index contributed by atoms with van der Waals surface area (Å²) in [5.74, 6) is 0. The first-order valence-electron chi connectivity index (χ1n) is 14.5. The molecule has 12 nitrogen and oxygen atoms in total. The van der Waals surface area contributed by atoms with Gasteiger partial charge in [-0.2, -0.15) is 0 Å². The first kappa shape index (κ1) is 36.5. The third-order valence-electron chi connectivity index (χ3n) is 7.24. The number of unbranched alkanes of at least 4 members (excludes halogenated alkanes) is 1. The van der Waals surface area contributed by atoms with Crippen LogP contribution in [0.1, 0.15) is 59.8 Å². The number of aliphatic hydroxyl groups is 4. The van der Waals surface area contributed by atoms with Gasteiger partial charge in [-0.05, 0) is 92.1 Å². The summed E-state index contributed by atoms with van der Waals surface area (Å²) in [5.41, 5.74) is 2.57. The van der Waals surface area contributed by atoms with Crippen molar-refractivity contribution in [3.8, 4) is 0 Å². The molecule has 1 heterocycles. The zero-order valence-corrected chi connectivity index (χ0v) is 24.9. The SMILES string of the molecule is CCC(C)(CO)OC(C)(CNCCCNCCCCNCCCN)CO[C@@H]1OC(C)(COC)[C@H](O)[C@H](O)C1O. The summed E-state index contributed by atoms with van der Waals surface area (Å²) in [6.45, 7) is 12.9. The summed E-state index contributed by atoms with van der Waals surface area (Å²) in [7, 11) is 1.46. The maximum Gasteiger partial charge on any atom is 0.187 e. The predicted molar refractivity (Wildman–Crippen MR) is 151 cm³/mol. The average molecular weight is 567 g/mol. The van der Waals surface area contributed by atoms with E-state index in [1.807, 2.05) is 20.8 Å². The Morgan fingerprint density at radius 1 is 0.897 bits per heavy atom. The molecule has 234 valence electrons. The predicted octanol–water partition coefficient (Wildman–Crippen LogP) is -0.929. The van der Waals surface area contributed by atoms with E-state index in [9.17, 15) is 20.4 Å². The van der Waals surface area contributed by atoms with E-state index in [-0.39, 0.29) is 19.8 Å². The van der Waals surface area contributed by atoms with E-state index < -0.39 is 41.4 Å². The van der Waals surface area contributed by atoms with E-state index in [2.05, 4.69) is 16.0 Å². The maximum absolute atomic E-state index is 10.5. The Morgan fingerprint density at radius 2 is 1.49 bits per heavy atom. The summed E-state index contributed by atoms with van der Waals surface area (Å²) in [6, 6.07) is 0. The van der Waals surface area contributed by atoms with Crippen molar-refractivity contribution in [2.45, 2.75) is 101 Å². The van der Waals surface area contributed by atoms with Gasteiger partial charge in [0.2, 0.25) is 0 Å². The molecule has 9 N–H and O–H groups in total. The van der Waals surface area contributed by atoms with E-state index in [0.717, 1.165) is 65.0 Å². The number of aliphatic hydroxyl groups excluding tert-OH is 4. The van der Waals surface area contributed by atoms with Crippen LogP contribution in [0.4, 0.5) is 0 Å². The minimum Gasteiger partial charge on any atom is -0.393 e. The first-order chi connectivity index (χ1) is 18.5. The van der Waals surface area contributed by atoms with Gasteiger partial charge in [0, 0.05) is 13.7 Å². The summed E-state index contributed by atoms with van der Waals surface area (Å²) >= 11 is 0. The lowest BCUT2D eigenvalue weighted by Crippen LogP contribution is -2.65. The van der Waals surface area contributed by atoms with Crippen LogP contribution in [0.15, 0.2) is 0 Å². The maximum atomic E-state index is 10.5. The van der Waals surface area contributed by atoms with E-state index in [1.54, 1.807) is 6.92 Å². The first-order valence-corrected chi connectivity index (χ1v) is 14.5. The summed E-state index contributed by atoms with van der Waals surface area (Å²) in [6.07, 6.45) is -0.686. The fourth-order valence-corrected chi connectivity index (χ4v) is 4.51. The summed E-state index contributed by atoms with van der Waals surface area (Å²) in [4.78, 5) is 0. The van der Waals surface area contributed by atoms with Gasteiger partial charge >= 0.3 is 0 Å². The molecule has 1 rings (SSSR count). The molecule has 1 fully saturated rings. The highest BCUT2D eigenvalue weighted by atomic mass is 16.7. The Bertz CT molecular complexity index is 633. The van der Waals surface area contributed by atoms with Crippen LogP contribution in [0, 0.1) is 0 Å². The van der Waals surface area contributed by atoms with Crippen LogP contribution in [-0.2, 0) is 18.9 Å². The molecule has 0 bridgehead atoms. The van der Waals surface area contributed by atoms with Gasteiger partial charge in [0.1, 0.15) is 29.5 Å². The van der Waals surface area contributed by atoms with Gasteiger partial charge in [0.05, 0.1) is 25.4 Å². The summed E-state index contributed by atoms with van der Waals surface area (Å²) in [5, 5.41) is 51.5. The quantitative estimate of drug-likeness (QED) is 0.0713. The molecular weight excluding hydrogens is 508 g/mol. The Morgan fingerprint density at radius 3 is 2.05 bits per heavy atom. The zero-order chi connectivity index (χ0) is 29.4. The van der Waals surface area contributed by atoms with Crippen molar-refractivity contribution in [3.63, 3.8) is 0 Å². The van der Waals surface area contributed by atoms with Gasteiger partial charge in [-0.25, -0.2) is 0 Å². The smallest absolute Gasteiger partial charge is 0.187 e. The molecular formula is C27H58N4O8. The molecule has 0 radical (unpaired) electrons. The van der Waals surface area contributed by atoms with E-state index >= 15 is 0 Å². The fraction of sp³-hybridized carbons (Fsp3) is 1.00. The Balaban J connectivity index is 2.56. The van der Waals surface area contributed by atoms with Crippen LogP contribution in [0.25, 0.3) is 0 Å². The monoisotopic (exact) mass is 566 g/mol. The van der Waals surface area contributed by atoms with Crippen molar-refractivity contribution < 1.29 is 39.4 Å². The van der Waals surface area contributed by atoms with Crippen LogP contribution in [0.2, 0.25) is 0 Å². The minimum absolute atomic E-state index is 0.00522. The lowest BCUT2D eigenvalue weighted by molar-refractivity contribution is -0.342. The molecule has 0 aromatic carbocycles. The van der Waals surface area contributed by atoms with E-state index in [1.165, 1.54) is 7.11 Å². The molecule has 39 heavy (non-hydrogen) atoms. The molecule has 1 aliphatic rings. The molecule has 12 heteroatoms.